The number of H-pyrrole nitrogens is 1. The Bertz CT molecular complexity index is 1260. The van der Waals surface area contributed by atoms with Gasteiger partial charge < -0.3 is 15.6 Å². The monoisotopic (exact) mass is 424 g/mol. The van der Waals surface area contributed by atoms with Crippen LogP contribution in [-0.2, 0) is 11.0 Å². The van der Waals surface area contributed by atoms with Crippen molar-refractivity contribution in [2.45, 2.75) is 6.18 Å². The molecule has 0 spiro atoms. The van der Waals surface area contributed by atoms with Crippen molar-refractivity contribution in [3.8, 4) is 11.3 Å². The number of aromatic amines is 1. The lowest BCUT2D eigenvalue weighted by molar-refractivity contribution is -0.141. The van der Waals surface area contributed by atoms with Gasteiger partial charge in [0, 0.05) is 28.8 Å². The highest BCUT2D eigenvalue weighted by atomic mass is 19.4. The molecular formula is C21H15F3N6O. The van der Waals surface area contributed by atoms with E-state index in [0.29, 0.717) is 39.5 Å². The number of carbonyl (C=O) groups excluding carboxylic acids is 1. The number of carbonyl (C=O) groups is 1. The maximum atomic E-state index is 12.7. The van der Waals surface area contributed by atoms with Gasteiger partial charge in [-0.15, -0.1) is 0 Å². The minimum atomic E-state index is -4.50. The third kappa shape index (κ3) is 4.37. The number of anilines is 3. The Balaban J connectivity index is 1.63. The van der Waals surface area contributed by atoms with Gasteiger partial charge in [-0.25, -0.2) is 9.97 Å². The molecule has 4 rings (SSSR count). The Morgan fingerprint density at radius 1 is 1.06 bits per heavy atom. The van der Waals surface area contributed by atoms with Crippen molar-refractivity contribution >= 4 is 34.1 Å². The molecule has 0 aliphatic rings. The van der Waals surface area contributed by atoms with Crippen molar-refractivity contribution in [1.82, 2.24) is 19.9 Å². The average Bonchev–Trinajstić information content (AvgIpc) is 3.19. The maximum Gasteiger partial charge on any atom is 0.433 e. The summed E-state index contributed by atoms with van der Waals surface area (Å²) in [6.07, 6.45) is -0.814. The summed E-state index contributed by atoms with van der Waals surface area (Å²) in [4.78, 5) is 26.5. The molecule has 156 valence electrons. The summed E-state index contributed by atoms with van der Waals surface area (Å²) in [5.41, 5.74) is 1.81. The second-order valence-electron chi connectivity index (χ2n) is 6.50. The van der Waals surface area contributed by atoms with E-state index < -0.39 is 11.9 Å². The molecule has 0 unspecified atom stereocenters. The van der Waals surface area contributed by atoms with E-state index >= 15 is 0 Å². The van der Waals surface area contributed by atoms with E-state index in [0.717, 1.165) is 12.3 Å². The molecule has 0 radical (unpaired) electrons. The van der Waals surface area contributed by atoms with Gasteiger partial charge in [0.2, 0.25) is 5.91 Å². The molecule has 10 heteroatoms. The number of nitrogens with zero attached hydrogens (tertiary/aromatic N) is 3. The topological polar surface area (TPSA) is 95.6 Å². The number of aromatic nitrogens is 4. The molecule has 0 bridgehead atoms. The van der Waals surface area contributed by atoms with Crippen LogP contribution in [0.1, 0.15) is 5.69 Å². The molecular weight excluding hydrogens is 409 g/mol. The number of benzene rings is 1. The van der Waals surface area contributed by atoms with Gasteiger partial charge >= 0.3 is 6.18 Å². The zero-order valence-corrected chi connectivity index (χ0v) is 15.9. The first kappa shape index (κ1) is 20.1. The zero-order valence-electron chi connectivity index (χ0n) is 15.9. The summed E-state index contributed by atoms with van der Waals surface area (Å²) in [5.74, 6) is 0.154. The lowest BCUT2D eigenvalue weighted by Gasteiger charge is -2.08. The molecule has 7 nitrogen and oxygen atoms in total. The van der Waals surface area contributed by atoms with Crippen LogP contribution in [-0.4, -0.2) is 25.8 Å². The van der Waals surface area contributed by atoms with Crippen LogP contribution in [0.2, 0.25) is 0 Å². The first-order valence-electron chi connectivity index (χ1n) is 9.01. The minimum absolute atomic E-state index is 0.331. The van der Waals surface area contributed by atoms with Gasteiger partial charge in [-0.3, -0.25) is 9.78 Å². The molecule has 31 heavy (non-hydrogen) atoms. The van der Waals surface area contributed by atoms with E-state index in [4.69, 9.17) is 0 Å². The molecule has 1 aromatic carbocycles. The van der Waals surface area contributed by atoms with Crippen molar-refractivity contribution in [1.29, 1.82) is 0 Å². The summed E-state index contributed by atoms with van der Waals surface area (Å²) >= 11 is 0. The fourth-order valence-electron chi connectivity index (χ4n) is 2.92. The maximum absolute atomic E-state index is 12.7. The van der Waals surface area contributed by atoms with E-state index in [1.807, 2.05) is 0 Å². The number of rotatable bonds is 5. The summed E-state index contributed by atoms with van der Waals surface area (Å²) in [6, 6.07) is 11.0. The Morgan fingerprint density at radius 2 is 1.87 bits per heavy atom. The number of halogens is 3. The SMILES string of the molecule is C=CC(=O)Nc1cccc(Nc2ncnc3[nH]c(-c4ccc(C(F)(F)F)nc4)cc23)c1. The third-order valence-corrected chi connectivity index (χ3v) is 4.37. The fourth-order valence-corrected chi connectivity index (χ4v) is 2.92. The highest BCUT2D eigenvalue weighted by Crippen LogP contribution is 2.31. The molecule has 0 aliphatic heterocycles. The normalized spacial score (nSPS) is 11.3. The summed E-state index contributed by atoms with van der Waals surface area (Å²) < 4.78 is 38.2. The van der Waals surface area contributed by atoms with Crippen LogP contribution in [0.25, 0.3) is 22.3 Å². The van der Waals surface area contributed by atoms with E-state index in [1.165, 1.54) is 18.5 Å². The Morgan fingerprint density at radius 3 is 2.58 bits per heavy atom. The van der Waals surface area contributed by atoms with Crippen LogP contribution < -0.4 is 10.6 Å². The minimum Gasteiger partial charge on any atom is -0.340 e. The van der Waals surface area contributed by atoms with E-state index in [9.17, 15) is 18.0 Å². The van der Waals surface area contributed by atoms with Gasteiger partial charge in [0.05, 0.1) is 5.39 Å². The molecule has 3 heterocycles. The van der Waals surface area contributed by atoms with Gasteiger partial charge in [0.25, 0.3) is 0 Å². The molecule has 0 atom stereocenters. The number of hydrogen-bond donors (Lipinski definition) is 3. The third-order valence-electron chi connectivity index (χ3n) is 4.37. The number of hydrogen-bond acceptors (Lipinski definition) is 5. The molecule has 0 aliphatic carbocycles. The first-order valence-corrected chi connectivity index (χ1v) is 9.01. The quantitative estimate of drug-likeness (QED) is 0.396. The fraction of sp³-hybridized carbons (Fsp3) is 0.0476. The van der Waals surface area contributed by atoms with Gasteiger partial charge in [-0.1, -0.05) is 12.6 Å². The molecule has 0 saturated heterocycles. The number of amides is 1. The standard InChI is InChI=1S/C21H15F3N6O/c1-2-18(31)28-13-4-3-5-14(8-13)29-19-15-9-16(30-20(15)27-11-26-19)12-6-7-17(25-10-12)21(22,23)24/h2-11H,1H2,(H,28,31)(H2,26,27,29,30). The predicted molar refractivity (Wildman–Crippen MR) is 111 cm³/mol. The van der Waals surface area contributed by atoms with Crippen molar-refractivity contribution in [3.05, 3.63) is 73.3 Å². The van der Waals surface area contributed by atoms with Crippen molar-refractivity contribution in [2.75, 3.05) is 10.6 Å². The van der Waals surface area contributed by atoms with Gasteiger partial charge in [-0.2, -0.15) is 13.2 Å². The molecule has 4 aromatic rings. The lowest BCUT2D eigenvalue weighted by Crippen LogP contribution is -2.07. The number of nitrogens with one attached hydrogen (secondary N) is 3. The predicted octanol–water partition coefficient (Wildman–Crippen LogP) is 4.91. The first-order chi connectivity index (χ1) is 14.8. The second kappa shape index (κ2) is 7.90. The van der Waals surface area contributed by atoms with Crippen molar-refractivity contribution in [2.24, 2.45) is 0 Å². The smallest absolute Gasteiger partial charge is 0.340 e. The molecule has 3 N–H and O–H groups in total. The molecule has 0 fully saturated rings. The Labute approximate surface area is 174 Å². The number of alkyl halides is 3. The lowest BCUT2D eigenvalue weighted by atomic mass is 10.2. The van der Waals surface area contributed by atoms with Crippen LogP contribution in [0.4, 0.5) is 30.4 Å². The number of fused-ring (bicyclic) bond motifs is 1. The van der Waals surface area contributed by atoms with Crippen molar-refractivity contribution in [3.63, 3.8) is 0 Å². The highest BCUT2D eigenvalue weighted by molar-refractivity contribution is 5.99. The Kier molecular flexibility index (Phi) is 5.12. The zero-order chi connectivity index (χ0) is 22.0. The van der Waals surface area contributed by atoms with Gasteiger partial charge in [0.1, 0.15) is 23.5 Å². The van der Waals surface area contributed by atoms with E-state index in [-0.39, 0.29) is 5.91 Å². The highest BCUT2D eigenvalue weighted by Gasteiger charge is 2.32. The number of pyridine rings is 1. The van der Waals surface area contributed by atoms with Crippen LogP contribution in [0.3, 0.4) is 0 Å². The molecule has 0 saturated carbocycles. The molecule has 1 amide bonds. The average molecular weight is 424 g/mol. The van der Waals surface area contributed by atoms with E-state index in [1.54, 1.807) is 30.3 Å². The summed E-state index contributed by atoms with van der Waals surface area (Å²) in [7, 11) is 0. The van der Waals surface area contributed by atoms with Crippen LogP contribution in [0, 0.1) is 0 Å². The largest absolute Gasteiger partial charge is 0.433 e. The van der Waals surface area contributed by atoms with Gasteiger partial charge in [-0.05, 0) is 42.5 Å². The van der Waals surface area contributed by atoms with E-state index in [2.05, 4.69) is 37.1 Å². The van der Waals surface area contributed by atoms with Crippen LogP contribution in [0.15, 0.2) is 67.6 Å². The van der Waals surface area contributed by atoms with Crippen molar-refractivity contribution < 1.29 is 18.0 Å². The Hall–Kier alpha value is -4.21. The second-order valence-corrected chi connectivity index (χ2v) is 6.50. The molecule has 3 aromatic heterocycles. The summed E-state index contributed by atoms with van der Waals surface area (Å²) in [5, 5.41) is 6.47. The summed E-state index contributed by atoms with van der Waals surface area (Å²) in [6.45, 7) is 3.42. The van der Waals surface area contributed by atoms with Crippen LogP contribution in [0.5, 0.6) is 0 Å². The van der Waals surface area contributed by atoms with Crippen LogP contribution >= 0.6 is 0 Å². The van der Waals surface area contributed by atoms with Gasteiger partial charge in [0.15, 0.2) is 0 Å².